The van der Waals surface area contributed by atoms with Crippen LogP contribution in [0.5, 0.6) is 0 Å². The van der Waals surface area contributed by atoms with Crippen LogP contribution in [0.4, 0.5) is 5.69 Å². The molecule has 0 fully saturated rings. The maximum Gasteiger partial charge on any atom is 0.250 e. The smallest absolute Gasteiger partial charge is 0.250 e. The number of hydrazone groups is 1. The lowest BCUT2D eigenvalue weighted by atomic mass is 9.87. The maximum absolute atomic E-state index is 12.6. The number of hydrogen-bond donors (Lipinski definition) is 1. The molecule has 0 aliphatic heterocycles. The summed E-state index contributed by atoms with van der Waals surface area (Å²) in [7, 11) is 0. The van der Waals surface area contributed by atoms with Gasteiger partial charge >= 0.3 is 0 Å². The van der Waals surface area contributed by atoms with Crippen LogP contribution in [0.15, 0.2) is 83.1 Å². The Morgan fingerprint density at radius 3 is 2.20 bits per heavy atom. The Labute approximate surface area is 241 Å². The quantitative estimate of drug-likeness (QED) is 0.135. The van der Waals surface area contributed by atoms with Crippen LogP contribution in [0, 0.1) is 6.92 Å². The average molecular weight is 555 g/mol. The molecule has 1 aromatic heterocycles. The normalized spacial score (nSPS) is 11.7. The van der Waals surface area contributed by atoms with Crippen LogP contribution >= 0.6 is 11.8 Å². The standard InChI is InChI=1S/C32H38N6OS/c1-7-37(8-2)27-19-11-24(12-20-27)21-33-34-29(39)22-40-31-36-35-30(38(31)28-17-9-23(3)10-18-28)25-13-15-26(16-14-25)32(4,5)6/h9-21H,7-8,22H2,1-6H3,(H,34,39)/b33-21+. The molecule has 3 aromatic carbocycles. The number of aryl methyl sites for hydroxylation is 1. The molecule has 0 aliphatic carbocycles. The van der Waals surface area contributed by atoms with E-state index in [9.17, 15) is 4.79 Å². The van der Waals surface area contributed by atoms with Crippen molar-refractivity contribution in [3.8, 4) is 17.1 Å². The number of nitrogens with one attached hydrogen (secondary N) is 1. The number of amides is 1. The fourth-order valence-electron chi connectivity index (χ4n) is 4.30. The minimum absolute atomic E-state index is 0.0643. The summed E-state index contributed by atoms with van der Waals surface area (Å²) in [6, 6.07) is 24.8. The number of carbonyl (C=O) groups is 1. The number of aromatic nitrogens is 3. The van der Waals surface area contributed by atoms with Crippen molar-refractivity contribution < 1.29 is 4.79 Å². The van der Waals surface area contributed by atoms with Crippen molar-refractivity contribution in [1.29, 1.82) is 0 Å². The van der Waals surface area contributed by atoms with Gasteiger partial charge in [-0.25, -0.2) is 5.43 Å². The van der Waals surface area contributed by atoms with Gasteiger partial charge in [-0.1, -0.05) is 86.6 Å². The molecule has 208 valence electrons. The Morgan fingerprint density at radius 2 is 1.60 bits per heavy atom. The molecule has 0 atom stereocenters. The zero-order valence-electron chi connectivity index (χ0n) is 24.2. The van der Waals surface area contributed by atoms with Crippen LogP contribution in [0.25, 0.3) is 17.1 Å². The number of rotatable bonds is 10. The third-order valence-corrected chi connectivity index (χ3v) is 7.62. The predicted octanol–water partition coefficient (Wildman–Crippen LogP) is 6.63. The van der Waals surface area contributed by atoms with Crippen LogP contribution in [0.1, 0.15) is 51.3 Å². The van der Waals surface area contributed by atoms with Gasteiger partial charge in [-0.05, 0) is 61.6 Å². The van der Waals surface area contributed by atoms with Gasteiger partial charge in [0.1, 0.15) is 0 Å². The van der Waals surface area contributed by atoms with Crippen molar-refractivity contribution in [2.24, 2.45) is 5.10 Å². The third kappa shape index (κ3) is 7.18. The summed E-state index contributed by atoms with van der Waals surface area (Å²) >= 11 is 1.33. The van der Waals surface area contributed by atoms with Gasteiger partial charge in [-0.3, -0.25) is 9.36 Å². The summed E-state index contributed by atoms with van der Waals surface area (Å²) in [5.74, 6) is 0.680. The summed E-state index contributed by atoms with van der Waals surface area (Å²) in [6.07, 6.45) is 1.66. The number of hydrogen-bond acceptors (Lipinski definition) is 6. The Balaban J connectivity index is 1.47. The summed E-state index contributed by atoms with van der Waals surface area (Å²) in [4.78, 5) is 14.9. The highest BCUT2D eigenvalue weighted by atomic mass is 32.2. The average Bonchev–Trinajstić information content (AvgIpc) is 3.37. The van der Waals surface area contributed by atoms with Gasteiger partial charge in [0.25, 0.3) is 5.91 Å². The summed E-state index contributed by atoms with van der Waals surface area (Å²) in [5, 5.41) is 13.8. The van der Waals surface area contributed by atoms with Crippen LogP contribution in [0.2, 0.25) is 0 Å². The van der Waals surface area contributed by atoms with Crippen molar-refractivity contribution in [1.82, 2.24) is 20.2 Å². The lowest BCUT2D eigenvalue weighted by molar-refractivity contribution is -0.118. The Morgan fingerprint density at radius 1 is 0.950 bits per heavy atom. The molecule has 40 heavy (non-hydrogen) atoms. The van der Waals surface area contributed by atoms with E-state index in [1.807, 2.05) is 28.8 Å². The van der Waals surface area contributed by atoms with Gasteiger partial charge in [-0.15, -0.1) is 10.2 Å². The molecule has 4 aromatic rings. The maximum atomic E-state index is 12.6. The van der Waals surface area contributed by atoms with E-state index in [0.29, 0.717) is 5.16 Å². The molecule has 4 rings (SSSR count). The molecule has 1 heterocycles. The molecule has 1 amide bonds. The number of anilines is 1. The Kier molecular flexibility index (Phi) is 9.42. The van der Waals surface area contributed by atoms with E-state index >= 15 is 0 Å². The first-order chi connectivity index (χ1) is 19.2. The van der Waals surface area contributed by atoms with Crippen LogP contribution in [-0.4, -0.2) is 45.7 Å². The number of carbonyl (C=O) groups excluding carboxylic acids is 1. The zero-order valence-corrected chi connectivity index (χ0v) is 25.0. The number of nitrogens with zero attached hydrogens (tertiary/aromatic N) is 5. The summed E-state index contributed by atoms with van der Waals surface area (Å²) < 4.78 is 2.00. The fourth-order valence-corrected chi connectivity index (χ4v) is 5.04. The predicted molar refractivity (Wildman–Crippen MR) is 167 cm³/mol. The molecule has 0 saturated carbocycles. The molecule has 0 saturated heterocycles. The molecule has 0 aliphatic rings. The second kappa shape index (κ2) is 13.0. The van der Waals surface area contributed by atoms with Crippen LogP contribution in [-0.2, 0) is 10.2 Å². The van der Waals surface area contributed by atoms with E-state index < -0.39 is 0 Å². The number of benzene rings is 3. The molecule has 1 N–H and O–H groups in total. The molecular weight excluding hydrogens is 516 g/mol. The molecule has 0 radical (unpaired) electrons. The van der Waals surface area contributed by atoms with Gasteiger partial charge in [0, 0.05) is 30.0 Å². The monoisotopic (exact) mass is 554 g/mol. The van der Waals surface area contributed by atoms with Crippen molar-refractivity contribution >= 4 is 29.6 Å². The van der Waals surface area contributed by atoms with Gasteiger partial charge in [0.05, 0.1) is 12.0 Å². The summed E-state index contributed by atoms with van der Waals surface area (Å²) in [5.41, 5.74) is 9.12. The highest BCUT2D eigenvalue weighted by molar-refractivity contribution is 7.99. The van der Waals surface area contributed by atoms with Crippen molar-refractivity contribution in [2.75, 3.05) is 23.7 Å². The second-order valence-corrected chi connectivity index (χ2v) is 11.6. The highest BCUT2D eigenvalue weighted by Crippen LogP contribution is 2.30. The molecule has 0 bridgehead atoms. The van der Waals surface area contributed by atoms with E-state index in [1.165, 1.54) is 28.6 Å². The van der Waals surface area contributed by atoms with Gasteiger partial charge < -0.3 is 4.90 Å². The third-order valence-electron chi connectivity index (χ3n) is 6.69. The minimum Gasteiger partial charge on any atom is -0.372 e. The van der Waals surface area contributed by atoms with Crippen molar-refractivity contribution in [2.45, 2.75) is 52.1 Å². The van der Waals surface area contributed by atoms with Crippen molar-refractivity contribution in [3.63, 3.8) is 0 Å². The fraction of sp³-hybridized carbons (Fsp3) is 0.312. The zero-order chi connectivity index (χ0) is 28.7. The van der Waals surface area contributed by atoms with Gasteiger partial charge in [0.2, 0.25) is 0 Å². The molecule has 7 nitrogen and oxygen atoms in total. The number of thioether (sulfide) groups is 1. The lowest BCUT2D eigenvalue weighted by Crippen LogP contribution is -2.21. The van der Waals surface area contributed by atoms with Crippen LogP contribution in [0.3, 0.4) is 0 Å². The van der Waals surface area contributed by atoms with E-state index in [0.717, 1.165) is 35.7 Å². The van der Waals surface area contributed by atoms with Gasteiger partial charge in [-0.2, -0.15) is 5.10 Å². The first-order valence-electron chi connectivity index (χ1n) is 13.6. The SMILES string of the molecule is CCN(CC)c1ccc(/C=N/NC(=O)CSc2nnc(-c3ccc(C(C)(C)C)cc3)n2-c2ccc(C)cc2)cc1. The Hall–Kier alpha value is -3.91. The minimum atomic E-state index is -0.212. The highest BCUT2D eigenvalue weighted by Gasteiger charge is 2.19. The van der Waals surface area contributed by atoms with E-state index in [4.69, 9.17) is 0 Å². The van der Waals surface area contributed by atoms with E-state index in [2.05, 4.69) is 116 Å². The second-order valence-electron chi connectivity index (χ2n) is 10.7. The summed E-state index contributed by atoms with van der Waals surface area (Å²) in [6.45, 7) is 14.8. The molecule has 0 unspecified atom stereocenters. The largest absolute Gasteiger partial charge is 0.372 e. The lowest BCUT2D eigenvalue weighted by Gasteiger charge is -2.20. The molecule has 0 spiro atoms. The first-order valence-corrected chi connectivity index (χ1v) is 14.6. The topological polar surface area (TPSA) is 75.4 Å². The first kappa shape index (κ1) is 29.1. The van der Waals surface area contributed by atoms with E-state index in [-0.39, 0.29) is 17.1 Å². The van der Waals surface area contributed by atoms with Crippen molar-refractivity contribution in [3.05, 3.63) is 89.5 Å². The van der Waals surface area contributed by atoms with E-state index in [1.54, 1.807) is 6.21 Å². The van der Waals surface area contributed by atoms with Gasteiger partial charge in [0.15, 0.2) is 11.0 Å². The molecule has 8 heteroatoms. The van der Waals surface area contributed by atoms with Crippen LogP contribution < -0.4 is 10.3 Å². The molecular formula is C32H38N6OS. The Bertz CT molecular complexity index is 1430.